The minimum Gasteiger partial charge on any atom is -0.369 e. The number of allylic oxidation sites excluding steroid dienone is 1. The molecule has 0 atom stereocenters. The van der Waals surface area contributed by atoms with Crippen LogP contribution in [0, 0.1) is 11.8 Å². The number of fused-ring (bicyclic) bond motifs is 1. The Morgan fingerprint density at radius 1 is 1.10 bits per heavy atom. The van der Waals surface area contributed by atoms with E-state index >= 15 is 0 Å². The predicted octanol–water partition coefficient (Wildman–Crippen LogP) is 3.57. The zero-order valence-electron chi connectivity index (χ0n) is 23.0. The van der Waals surface area contributed by atoms with Crippen molar-refractivity contribution >= 4 is 44.2 Å². The smallest absolute Gasteiger partial charge is 0.252 e. The Balaban J connectivity index is 1.23. The lowest BCUT2D eigenvalue weighted by Crippen LogP contribution is -2.50. The summed E-state index contributed by atoms with van der Waals surface area (Å²) in [5.41, 5.74) is 2.30. The fourth-order valence-electron chi connectivity index (χ4n) is 5.41. The molecule has 1 aliphatic carbocycles. The first kappa shape index (κ1) is 28.0. The van der Waals surface area contributed by atoms with Crippen molar-refractivity contribution in [2.45, 2.75) is 44.9 Å². The van der Waals surface area contributed by atoms with E-state index in [1.165, 1.54) is 6.08 Å². The van der Waals surface area contributed by atoms with Crippen LogP contribution >= 0.6 is 0 Å². The summed E-state index contributed by atoms with van der Waals surface area (Å²) in [7, 11) is -3.24. The quantitative estimate of drug-likeness (QED) is 0.372. The third-order valence-electron chi connectivity index (χ3n) is 8.01. The lowest BCUT2D eigenvalue weighted by Gasteiger charge is -2.36. The Morgan fingerprint density at radius 2 is 1.80 bits per heavy atom. The number of ketones is 1. The van der Waals surface area contributed by atoms with Gasteiger partial charge in [-0.05, 0) is 75.4 Å². The van der Waals surface area contributed by atoms with Crippen LogP contribution in [0.15, 0.2) is 60.0 Å². The molecule has 1 saturated carbocycles. The Morgan fingerprint density at radius 3 is 2.45 bits per heavy atom. The molecule has 1 aromatic carbocycles. The van der Waals surface area contributed by atoms with Crippen molar-refractivity contribution in [1.82, 2.24) is 18.8 Å². The van der Waals surface area contributed by atoms with Gasteiger partial charge in [0.15, 0.2) is 5.78 Å². The first-order valence-electron chi connectivity index (χ1n) is 13.8. The number of piperazine rings is 1. The van der Waals surface area contributed by atoms with Crippen molar-refractivity contribution in [1.29, 1.82) is 0 Å². The van der Waals surface area contributed by atoms with Gasteiger partial charge in [0, 0.05) is 67.7 Å². The van der Waals surface area contributed by atoms with Gasteiger partial charge in [0.1, 0.15) is 5.65 Å². The number of sulfonamides is 1. The van der Waals surface area contributed by atoms with Gasteiger partial charge < -0.3 is 10.2 Å². The van der Waals surface area contributed by atoms with Gasteiger partial charge >= 0.3 is 0 Å². The van der Waals surface area contributed by atoms with Crippen molar-refractivity contribution in [2.75, 3.05) is 36.4 Å². The topological polar surface area (TPSA) is 117 Å². The molecule has 0 bridgehead atoms. The lowest BCUT2D eigenvalue weighted by molar-refractivity contribution is -0.122. The maximum Gasteiger partial charge on any atom is 0.252 e. The normalized spacial score (nSPS) is 19.9. The average molecular weight is 565 g/mol. The van der Waals surface area contributed by atoms with Crippen molar-refractivity contribution in [2.24, 2.45) is 11.8 Å². The standard InChI is InChI=1S/C29H36N6O4S/c1-4-26(36)23-17-21(18-23)11-12-35-27(37)10-5-22-19-30-29(32-28(22)35)31-24-6-8-25(9-7-24)33-13-15-34(16-14-33)40(38,39)20(2)3/h4-10,19-21,23H,1,11-18H2,2-3H3,(H,30,31,32). The van der Waals surface area contributed by atoms with Crippen LogP contribution < -0.4 is 15.8 Å². The first-order valence-corrected chi connectivity index (χ1v) is 15.3. The minimum absolute atomic E-state index is 0.0712. The summed E-state index contributed by atoms with van der Waals surface area (Å²) in [5, 5.41) is 3.60. The Labute approximate surface area is 234 Å². The Kier molecular flexibility index (Phi) is 8.04. The number of nitrogens with zero attached hydrogens (tertiary/aromatic N) is 5. The van der Waals surface area contributed by atoms with E-state index in [-0.39, 0.29) is 17.3 Å². The summed E-state index contributed by atoms with van der Waals surface area (Å²) in [5.74, 6) is 0.987. The van der Waals surface area contributed by atoms with Gasteiger partial charge in [0.2, 0.25) is 16.0 Å². The van der Waals surface area contributed by atoms with Gasteiger partial charge in [-0.1, -0.05) is 6.58 Å². The molecule has 0 radical (unpaired) electrons. The second-order valence-corrected chi connectivity index (χ2v) is 13.4. The van der Waals surface area contributed by atoms with Crippen LogP contribution in [0.1, 0.15) is 33.1 Å². The summed E-state index contributed by atoms with van der Waals surface area (Å²) >= 11 is 0. The van der Waals surface area contributed by atoms with Crippen LogP contribution in [0.5, 0.6) is 0 Å². The summed E-state index contributed by atoms with van der Waals surface area (Å²) in [4.78, 5) is 35.8. The molecule has 40 heavy (non-hydrogen) atoms. The molecule has 2 aromatic heterocycles. The number of carbonyl (C=O) groups excluding carboxylic acids is 1. The highest BCUT2D eigenvalue weighted by atomic mass is 32.2. The largest absolute Gasteiger partial charge is 0.369 e. The van der Waals surface area contributed by atoms with Crippen LogP contribution in [-0.2, 0) is 21.4 Å². The van der Waals surface area contributed by atoms with Crippen LogP contribution in [0.4, 0.5) is 17.3 Å². The number of hydrogen-bond acceptors (Lipinski definition) is 8. The molecule has 2 aliphatic rings. The zero-order valence-corrected chi connectivity index (χ0v) is 23.8. The van der Waals surface area contributed by atoms with E-state index in [1.807, 2.05) is 24.3 Å². The van der Waals surface area contributed by atoms with Gasteiger partial charge in [-0.3, -0.25) is 14.2 Å². The van der Waals surface area contributed by atoms with E-state index in [0.717, 1.165) is 36.0 Å². The van der Waals surface area contributed by atoms with Crippen LogP contribution in [0.3, 0.4) is 0 Å². The fourth-order valence-corrected chi connectivity index (χ4v) is 6.68. The number of aromatic nitrogens is 3. The number of pyridine rings is 1. The molecule has 3 heterocycles. The highest BCUT2D eigenvalue weighted by Gasteiger charge is 2.33. The van der Waals surface area contributed by atoms with E-state index in [9.17, 15) is 18.0 Å². The van der Waals surface area contributed by atoms with Crippen LogP contribution in [0.25, 0.3) is 11.0 Å². The maximum atomic E-state index is 12.7. The Hall–Kier alpha value is -3.57. The molecular formula is C29H36N6O4S. The molecule has 5 rings (SSSR count). The van der Waals surface area contributed by atoms with E-state index < -0.39 is 15.3 Å². The molecule has 1 saturated heterocycles. The first-order chi connectivity index (χ1) is 19.2. The minimum atomic E-state index is -3.24. The molecule has 1 aliphatic heterocycles. The Bertz CT molecular complexity index is 1550. The van der Waals surface area contributed by atoms with Crippen molar-refractivity contribution in [3.63, 3.8) is 0 Å². The number of aryl methyl sites for hydroxylation is 1. The summed E-state index contributed by atoms with van der Waals surface area (Å²) in [6.45, 7) is 9.75. The van der Waals surface area contributed by atoms with Gasteiger partial charge in [-0.2, -0.15) is 9.29 Å². The second kappa shape index (κ2) is 11.5. The molecule has 0 spiro atoms. The average Bonchev–Trinajstić information content (AvgIpc) is 2.93. The fraction of sp³-hybridized carbons (Fsp3) is 0.448. The van der Waals surface area contributed by atoms with Crippen molar-refractivity contribution in [3.05, 3.63) is 65.6 Å². The summed E-state index contributed by atoms with van der Waals surface area (Å²) in [6.07, 6.45) is 5.61. The number of benzene rings is 1. The number of anilines is 3. The second-order valence-electron chi connectivity index (χ2n) is 10.9. The maximum absolute atomic E-state index is 12.7. The predicted molar refractivity (Wildman–Crippen MR) is 157 cm³/mol. The molecule has 2 fully saturated rings. The SMILES string of the molecule is C=CC(=O)C1CC(CCn2c(=O)ccc3cnc(Nc4ccc(N5CCN(S(=O)(=O)C(C)C)CC5)cc4)nc32)C1. The van der Waals surface area contributed by atoms with E-state index in [1.54, 1.807) is 41.0 Å². The number of hydrogen-bond donors (Lipinski definition) is 1. The number of rotatable bonds is 10. The number of carbonyl (C=O) groups is 1. The van der Waals surface area contributed by atoms with Gasteiger partial charge in [-0.15, -0.1) is 0 Å². The molecule has 1 N–H and O–H groups in total. The highest BCUT2D eigenvalue weighted by molar-refractivity contribution is 7.89. The van der Waals surface area contributed by atoms with Gasteiger partial charge in [0.25, 0.3) is 5.56 Å². The van der Waals surface area contributed by atoms with Gasteiger partial charge in [0.05, 0.1) is 5.25 Å². The number of nitrogens with one attached hydrogen (secondary N) is 1. The molecule has 11 heteroatoms. The molecule has 0 unspecified atom stereocenters. The molecule has 10 nitrogen and oxygen atoms in total. The molecule has 0 amide bonds. The summed E-state index contributed by atoms with van der Waals surface area (Å²) in [6, 6.07) is 11.1. The van der Waals surface area contributed by atoms with Crippen LogP contribution in [0.2, 0.25) is 0 Å². The third kappa shape index (κ3) is 5.80. The van der Waals surface area contributed by atoms with Crippen LogP contribution in [-0.4, -0.2) is 64.5 Å². The van der Waals surface area contributed by atoms with E-state index in [4.69, 9.17) is 0 Å². The van der Waals surface area contributed by atoms with E-state index in [0.29, 0.717) is 50.2 Å². The van der Waals surface area contributed by atoms with Crippen molar-refractivity contribution < 1.29 is 13.2 Å². The zero-order chi connectivity index (χ0) is 28.4. The molecule has 3 aromatic rings. The van der Waals surface area contributed by atoms with Crippen molar-refractivity contribution in [3.8, 4) is 0 Å². The molecular weight excluding hydrogens is 528 g/mol. The molecule has 212 valence electrons. The summed E-state index contributed by atoms with van der Waals surface area (Å²) < 4.78 is 28.2. The highest BCUT2D eigenvalue weighted by Crippen LogP contribution is 2.37. The van der Waals surface area contributed by atoms with E-state index in [2.05, 4.69) is 26.8 Å². The third-order valence-corrected chi connectivity index (χ3v) is 10.3. The van der Waals surface area contributed by atoms with Gasteiger partial charge in [-0.25, -0.2) is 13.4 Å². The monoisotopic (exact) mass is 564 g/mol. The lowest BCUT2D eigenvalue weighted by atomic mass is 9.71.